The average Bonchev–Trinajstić information content (AvgIpc) is 2.88. The summed E-state index contributed by atoms with van der Waals surface area (Å²) in [6, 6.07) is 3.55. The number of hydrogen-bond acceptors (Lipinski definition) is 4. The van der Waals surface area contributed by atoms with Crippen molar-refractivity contribution >= 4 is 5.78 Å². The summed E-state index contributed by atoms with van der Waals surface area (Å²) in [5.74, 6) is 0.606. The van der Waals surface area contributed by atoms with Gasteiger partial charge in [0.05, 0.1) is 12.6 Å². The molecule has 1 aromatic rings. The van der Waals surface area contributed by atoms with Gasteiger partial charge in [0.25, 0.3) is 0 Å². The lowest BCUT2D eigenvalue weighted by Crippen LogP contribution is -2.47. The van der Waals surface area contributed by atoms with E-state index in [0.717, 1.165) is 25.8 Å². The topological polar surface area (TPSA) is 51.2 Å². The van der Waals surface area contributed by atoms with E-state index in [-0.39, 0.29) is 5.78 Å². The number of Topliss-reactive ketones (excluding diaryl/α,β-unsaturated/α-hetero) is 1. The second-order valence-electron chi connectivity index (χ2n) is 4.35. The van der Waals surface area contributed by atoms with Crippen molar-refractivity contribution in [2.45, 2.75) is 31.7 Å². The fraction of sp³-hybridized carbons (Fsp3) is 0.538. The van der Waals surface area contributed by atoms with Crippen LogP contribution in [0, 0.1) is 0 Å². The number of pyridine rings is 1. The summed E-state index contributed by atoms with van der Waals surface area (Å²) in [6.07, 6.45) is 4.33. The molecule has 0 aromatic carbocycles. The Bertz CT molecular complexity index is 412. The molecule has 1 saturated heterocycles. The first-order chi connectivity index (χ1) is 8.23. The zero-order valence-corrected chi connectivity index (χ0v) is 10.3. The molecule has 2 rings (SSSR count). The van der Waals surface area contributed by atoms with E-state index in [9.17, 15) is 4.79 Å². The number of aromatic nitrogens is 1. The van der Waals surface area contributed by atoms with Gasteiger partial charge in [0.1, 0.15) is 11.4 Å². The van der Waals surface area contributed by atoms with Gasteiger partial charge < -0.3 is 10.1 Å². The van der Waals surface area contributed by atoms with Crippen molar-refractivity contribution in [1.82, 2.24) is 10.3 Å². The Kier molecular flexibility index (Phi) is 3.43. The molecule has 1 atom stereocenters. The molecule has 0 spiro atoms. The molecule has 1 fully saturated rings. The summed E-state index contributed by atoms with van der Waals surface area (Å²) in [6.45, 7) is 2.93. The largest absolute Gasteiger partial charge is 0.494 e. The van der Waals surface area contributed by atoms with Crippen molar-refractivity contribution in [3.8, 4) is 5.75 Å². The maximum absolute atomic E-state index is 12.6. The average molecular weight is 234 g/mol. The summed E-state index contributed by atoms with van der Waals surface area (Å²) in [5.41, 5.74) is -0.00648. The van der Waals surface area contributed by atoms with E-state index < -0.39 is 5.54 Å². The van der Waals surface area contributed by atoms with Crippen LogP contribution in [-0.2, 0) is 0 Å². The zero-order chi connectivity index (χ0) is 12.3. The minimum atomic E-state index is -0.443. The van der Waals surface area contributed by atoms with Crippen LogP contribution in [0.25, 0.3) is 0 Å². The molecule has 4 nitrogen and oxygen atoms in total. The number of methoxy groups -OCH3 is 1. The van der Waals surface area contributed by atoms with E-state index >= 15 is 0 Å². The Hall–Kier alpha value is -1.42. The summed E-state index contributed by atoms with van der Waals surface area (Å²) in [5, 5.41) is 3.32. The molecule has 1 aliphatic heterocycles. The van der Waals surface area contributed by atoms with Crippen LogP contribution in [0.4, 0.5) is 0 Å². The lowest BCUT2D eigenvalue weighted by molar-refractivity contribution is 0.0855. The van der Waals surface area contributed by atoms with Crippen LogP contribution in [0.15, 0.2) is 18.3 Å². The number of hydrogen-bond donors (Lipinski definition) is 1. The lowest BCUT2D eigenvalue weighted by atomic mass is 9.87. The Morgan fingerprint density at radius 3 is 3.06 bits per heavy atom. The number of carbonyl (C=O) groups is 1. The molecule has 0 saturated carbocycles. The summed E-state index contributed by atoms with van der Waals surface area (Å²) >= 11 is 0. The first-order valence-electron chi connectivity index (χ1n) is 6.02. The number of nitrogens with one attached hydrogen (secondary N) is 1. The molecule has 0 amide bonds. The second-order valence-corrected chi connectivity index (χ2v) is 4.35. The molecule has 17 heavy (non-hydrogen) atoms. The molecular formula is C13H18N2O2. The first kappa shape index (κ1) is 12.0. The lowest BCUT2D eigenvalue weighted by Gasteiger charge is -2.26. The Morgan fingerprint density at radius 1 is 1.65 bits per heavy atom. The third kappa shape index (κ3) is 2.05. The van der Waals surface area contributed by atoms with Crippen molar-refractivity contribution in [1.29, 1.82) is 0 Å². The molecule has 1 aromatic heterocycles. The number of carbonyl (C=O) groups excluding carboxylic acids is 1. The number of nitrogens with zero attached hydrogens (tertiary/aromatic N) is 1. The second kappa shape index (κ2) is 4.84. The SMILES string of the molecule is CCC1(C(=O)c2ncccc2OC)CCCN1. The minimum Gasteiger partial charge on any atom is -0.494 e. The number of ketones is 1. The summed E-state index contributed by atoms with van der Waals surface area (Å²) < 4.78 is 5.20. The van der Waals surface area contributed by atoms with E-state index in [4.69, 9.17) is 4.74 Å². The van der Waals surface area contributed by atoms with E-state index in [1.807, 2.05) is 6.92 Å². The normalized spacial score (nSPS) is 23.6. The molecule has 2 heterocycles. The Balaban J connectivity index is 2.35. The zero-order valence-electron chi connectivity index (χ0n) is 10.3. The molecule has 92 valence electrons. The Labute approximate surface area is 101 Å². The van der Waals surface area contributed by atoms with Crippen molar-refractivity contribution in [2.75, 3.05) is 13.7 Å². The molecule has 0 radical (unpaired) electrons. The highest BCUT2D eigenvalue weighted by Crippen LogP contribution is 2.29. The van der Waals surface area contributed by atoms with Gasteiger partial charge in [0.15, 0.2) is 0 Å². The quantitative estimate of drug-likeness (QED) is 0.807. The molecule has 0 aliphatic carbocycles. The van der Waals surface area contributed by atoms with Crippen LogP contribution in [0.1, 0.15) is 36.7 Å². The van der Waals surface area contributed by atoms with Crippen molar-refractivity contribution < 1.29 is 9.53 Å². The smallest absolute Gasteiger partial charge is 0.204 e. The molecule has 1 aliphatic rings. The van der Waals surface area contributed by atoms with E-state index in [0.29, 0.717) is 11.4 Å². The van der Waals surface area contributed by atoms with Crippen LogP contribution >= 0.6 is 0 Å². The number of rotatable bonds is 4. The van der Waals surface area contributed by atoms with Crippen LogP contribution in [0.5, 0.6) is 5.75 Å². The van der Waals surface area contributed by atoms with Gasteiger partial charge in [-0.2, -0.15) is 0 Å². The maximum atomic E-state index is 12.6. The predicted octanol–water partition coefficient (Wildman–Crippen LogP) is 1.81. The van der Waals surface area contributed by atoms with Gasteiger partial charge in [0.2, 0.25) is 5.78 Å². The van der Waals surface area contributed by atoms with Gasteiger partial charge in [-0.25, -0.2) is 4.98 Å². The minimum absolute atomic E-state index is 0.0509. The highest BCUT2D eigenvalue weighted by atomic mass is 16.5. The van der Waals surface area contributed by atoms with E-state index in [1.54, 1.807) is 25.4 Å². The van der Waals surface area contributed by atoms with E-state index in [1.165, 1.54) is 0 Å². The molecular weight excluding hydrogens is 216 g/mol. The van der Waals surface area contributed by atoms with Gasteiger partial charge in [-0.05, 0) is 37.9 Å². The Morgan fingerprint density at radius 2 is 2.47 bits per heavy atom. The van der Waals surface area contributed by atoms with Gasteiger partial charge in [-0.1, -0.05) is 6.92 Å². The molecule has 4 heteroatoms. The van der Waals surface area contributed by atoms with Crippen molar-refractivity contribution in [2.24, 2.45) is 0 Å². The van der Waals surface area contributed by atoms with Gasteiger partial charge in [-0.3, -0.25) is 4.79 Å². The van der Waals surface area contributed by atoms with Crippen LogP contribution in [0.2, 0.25) is 0 Å². The third-order valence-electron chi connectivity index (χ3n) is 3.49. The van der Waals surface area contributed by atoms with Gasteiger partial charge >= 0.3 is 0 Å². The summed E-state index contributed by atoms with van der Waals surface area (Å²) in [4.78, 5) is 16.7. The maximum Gasteiger partial charge on any atom is 0.204 e. The predicted molar refractivity (Wildman–Crippen MR) is 65.4 cm³/mol. The molecule has 0 bridgehead atoms. The molecule has 1 N–H and O–H groups in total. The highest BCUT2D eigenvalue weighted by Gasteiger charge is 2.41. The first-order valence-corrected chi connectivity index (χ1v) is 6.02. The van der Waals surface area contributed by atoms with Crippen molar-refractivity contribution in [3.63, 3.8) is 0 Å². The van der Waals surface area contributed by atoms with Crippen LogP contribution in [-0.4, -0.2) is 30.0 Å². The van der Waals surface area contributed by atoms with Crippen LogP contribution < -0.4 is 10.1 Å². The standard InChI is InChI=1S/C13H18N2O2/c1-3-13(7-5-9-15-13)12(16)11-10(17-2)6-4-8-14-11/h4,6,8,15H,3,5,7,9H2,1-2H3. The van der Waals surface area contributed by atoms with Gasteiger partial charge in [0, 0.05) is 6.20 Å². The fourth-order valence-electron chi connectivity index (χ4n) is 2.41. The summed E-state index contributed by atoms with van der Waals surface area (Å²) in [7, 11) is 1.56. The monoisotopic (exact) mass is 234 g/mol. The molecule has 1 unspecified atom stereocenters. The van der Waals surface area contributed by atoms with Crippen molar-refractivity contribution in [3.05, 3.63) is 24.0 Å². The van der Waals surface area contributed by atoms with Crippen LogP contribution in [0.3, 0.4) is 0 Å². The van der Waals surface area contributed by atoms with E-state index in [2.05, 4.69) is 10.3 Å². The fourth-order valence-corrected chi connectivity index (χ4v) is 2.41. The number of ether oxygens (including phenoxy) is 1. The highest BCUT2D eigenvalue weighted by molar-refractivity contribution is 6.03. The third-order valence-corrected chi connectivity index (χ3v) is 3.49. The van der Waals surface area contributed by atoms with Gasteiger partial charge in [-0.15, -0.1) is 0 Å².